The molecule has 1 aromatic carbocycles. The standard InChI is InChI=1S/C17H27N3O4S.ClH/c1-13(2)20-25(22,23)12-15-6-4-3-5-14(15)10-19-17(21)9-16-11-24-8-7-18-16;/h3-6,13,16,18,20H,7-12H2,1-2H3,(H,19,21);1H. The highest BCUT2D eigenvalue weighted by Crippen LogP contribution is 2.12. The van der Waals surface area contributed by atoms with Gasteiger partial charge in [-0.2, -0.15) is 0 Å². The molecule has 1 atom stereocenters. The van der Waals surface area contributed by atoms with E-state index in [-0.39, 0.29) is 36.2 Å². The molecule has 1 unspecified atom stereocenters. The van der Waals surface area contributed by atoms with E-state index in [1.807, 2.05) is 12.1 Å². The van der Waals surface area contributed by atoms with Gasteiger partial charge in [0.05, 0.1) is 19.0 Å². The number of carbonyl (C=O) groups is 1. The smallest absolute Gasteiger partial charge is 0.221 e. The molecule has 1 aliphatic rings. The molecule has 0 saturated carbocycles. The number of ether oxygens (including phenoxy) is 1. The van der Waals surface area contributed by atoms with Crippen LogP contribution in [0.2, 0.25) is 0 Å². The van der Waals surface area contributed by atoms with Gasteiger partial charge in [0, 0.05) is 31.6 Å². The van der Waals surface area contributed by atoms with E-state index >= 15 is 0 Å². The van der Waals surface area contributed by atoms with Crippen LogP contribution in [0.4, 0.5) is 0 Å². The Morgan fingerprint density at radius 1 is 1.31 bits per heavy atom. The number of halogens is 1. The SMILES string of the molecule is CC(C)NS(=O)(=O)Cc1ccccc1CNC(=O)CC1COCCN1.Cl. The van der Waals surface area contributed by atoms with Gasteiger partial charge in [0.25, 0.3) is 0 Å². The zero-order valence-electron chi connectivity index (χ0n) is 15.2. The van der Waals surface area contributed by atoms with Gasteiger partial charge in [-0.25, -0.2) is 13.1 Å². The van der Waals surface area contributed by atoms with Crippen LogP contribution < -0.4 is 15.4 Å². The van der Waals surface area contributed by atoms with E-state index in [1.165, 1.54) is 0 Å². The Labute approximate surface area is 161 Å². The lowest BCUT2D eigenvalue weighted by Crippen LogP contribution is -2.44. The fourth-order valence-corrected chi connectivity index (χ4v) is 4.21. The van der Waals surface area contributed by atoms with E-state index in [4.69, 9.17) is 4.74 Å². The molecular formula is C17H28ClN3O4S. The van der Waals surface area contributed by atoms with E-state index in [9.17, 15) is 13.2 Å². The summed E-state index contributed by atoms with van der Waals surface area (Å²) in [6.07, 6.45) is 0.343. The van der Waals surface area contributed by atoms with E-state index in [1.54, 1.807) is 26.0 Å². The zero-order chi connectivity index (χ0) is 18.3. The number of amides is 1. The minimum Gasteiger partial charge on any atom is -0.378 e. The summed E-state index contributed by atoms with van der Waals surface area (Å²) in [5, 5.41) is 6.10. The van der Waals surface area contributed by atoms with Crippen molar-refractivity contribution in [2.45, 2.75) is 44.6 Å². The van der Waals surface area contributed by atoms with Crippen LogP contribution in [0.25, 0.3) is 0 Å². The maximum atomic E-state index is 12.1. The molecule has 26 heavy (non-hydrogen) atoms. The normalized spacial score (nSPS) is 17.6. The number of nitrogens with one attached hydrogen (secondary N) is 3. The topological polar surface area (TPSA) is 96.5 Å². The van der Waals surface area contributed by atoms with Crippen LogP contribution in [0.1, 0.15) is 31.4 Å². The van der Waals surface area contributed by atoms with E-state index < -0.39 is 10.0 Å². The van der Waals surface area contributed by atoms with Gasteiger partial charge in [-0.05, 0) is 25.0 Å². The average molecular weight is 406 g/mol. The summed E-state index contributed by atoms with van der Waals surface area (Å²) in [6.45, 7) is 5.83. The lowest BCUT2D eigenvalue weighted by atomic mass is 10.1. The predicted octanol–water partition coefficient (Wildman–Crippen LogP) is 0.931. The molecule has 1 aliphatic heterocycles. The maximum absolute atomic E-state index is 12.1. The van der Waals surface area contributed by atoms with Gasteiger partial charge >= 0.3 is 0 Å². The molecule has 1 heterocycles. The largest absolute Gasteiger partial charge is 0.378 e. The van der Waals surface area contributed by atoms with Crippen molar-refractivity contribution in [3.8, 4) is 0 Å². The fraction of sp³-hybridized carbons (Fsp3) is 0.588. The third-order valence-electron chi connectivity index (χ3n) is 3.79. The highest BCUT2D eigenvalue weighted by molar-refractivity contribution is 7.88. The van der Waals surface area contributed by atoms with Crippen molar-refractivity contribution >= 4 is 28.3 Å². The molecular weight excluding hydrogens is 378 g/mol. The number of hydrogen-bond donors (Lipinski definition) is 3. The van der Waals surface area contributed by atoms with Crippen LogP contribution in [-0.2, 0) is 31.9 Å². The molecule has 9 heteroatoms. The first-order valence-corrected chi connectivity index (χ1v) is 10.2. The molecule has 7 nitrogen and oxygen atoms in total. The highest BCUT2D eigenvalue weighted by Gasteiger charge is 2.18. The van der Waals surface area contributed by atoms with Gasteiger partial charge in [0.1, 0.15) is 0 Å². The summed E-state index contributed by atoms with van der Waals surface area (Å²) in [4.78, 5) is 12.1. The van der Waals surface area contributed by atoms with Crippen LogP contribution in [-0.4, -0.2) is 46.2 Å². The summed E-state index contributed by atoms with van der Waals surface area (Å²) >= 11 is 0. The number of rotatable bonds is 8. The Morgan fingerprint density at radius 2 is 2.00 bits per heavy atom. The van der Waals surface area contributed by atoms with E-state index in [2.05, 4.69) is 15.4 Å². The highest BCUT2D eigenvalue weighted by atomic mass is 35.5. The van der Waals surface area contributed by atoms with Crippen LogP contribution in [0.3, 0.4) is 0 Å². The van der Waals surface area contributed by atoms with Gasteiger partial charge in [-0.3, -0.25) is 4.79 Å². The van der Waals surface area contributed by atoms with Gasteiger partial charge in [-0.1, -0.05) is 24.3 Å². The first kappa shape index (κ1) is 22.9. The third-order valence-corrected chi connectivity index (χ3v) is 5.31. The Morgan fingerprint density at radius 3 is 2.62 bits per heavy atom. The Hall–Kier alpha value is -1.19. The molecule has 0 radical (unpaired) electrons. The Balaban J connectivity index is 0.00000338. The molecule has 0 spiro atoms. The lowest BCUT2D eigenvalue weighted by molar-refractivity contribution is -0.122. The summed E-state index contributed by atoms with van der Waals surface area (Å²) in [5.74, 6) is -0.184. The lowest BCUT2D eigenvalue weighted by Gasteiger charge is -2.23. The minimum atomic E-state index is -3.41. The number of benzene rings is 1. The maximum Gasteiger partial charge on any atom is 0.221 e. The fourth-order valence-electron chi connectivity index (χ4n) is 2.72. The minimum absolute atomic E-state index is 0. The first-order valence-electron chi connectivity index (χ1n) is 8.50. The van der Waals surface area contributed by atoms with Crippen molar-refractivity contribution in [2.24, 2.45) is 0 Å². The molecule has 1 amide bonds. The summed E-state index contributed by atoms with van der Waals surface area (Å²) in [6, 6.07) is 7.13. The molecule has 1 saturated heterocycles. The van der Waals surface area contributed by atoms with Crippen molar-refractivity contribution < 1.29 is 17.9 Å². The molecule has 1 aromatic rings. The van der Waals surface area contributed by atoms with Gasteiger partial charge in [0.2, 0.25) is 15.9 Å². The van der Waals surface area contributed by atoms with Crippen molar-refractivity contribution in [3.63, 3.8) is 0 Å². The Bertz CT molecular complexity index is 676. The van der Waals surface area contributed by atoms with Crippen molar-refractivity contribution in [1.82, 2.24) is 15.4 Å². The number of carbonyl (C=O) groups excluding carboxylic acids is 1. The second-order valence-corrected chi connectivity index (χ2v) is 8.26. The van der Waals surface area contributed by atoms with Crippen molar-refractivity contribution in [2.75, 3.05) is 19.8 Å². The van der Waals surface area contributed by atoms with E-state index in [0.29, 0.717) is 31.7 Å². The average Bonchev–Trinajstić information content (AvgIpc) is 2.53. The number of hydrogen-bond acceptors (Lipinski definition) is 5. The van der Waals surface area contributed by atoms with Crippen LogP contribution in [0.5, 0.6) is 0 Å². The number of morpholine rings is 1. The molecule has 148 valence electrons. The molecule has 0 aromatic heterocycles. The van der Waals surface area contributed by atoms with Crippen LogP contribution in [0, 0.1) is 0 Å². The van der Waals surface area contributed by atoms with Crippen LogP contribution in [0.15, 0.2) is 24.3 Å². The molecule has 3 N–H and O–H groups in total. The Kier molecular flexibility index (Phi) is 9.52. The third kappa shape index (κ3) is 8.01. The quantitative estimate of drug-likeness (QED) is 0.598. The second kappa shape index (κ2) is 10.8. The van der Waals surface area contributed by atoms with Crippen LogP contribution >= 0.6 is 12.4 Å². The molecule has 0 aliphatic carbocycles. The molecule has 0 bridgehead atoms. The van der Waals surface area contributed by atoms with Gasteiger partial charge in [-0.15, -0.1) is 12.4 Å². The zero-order valence-corrected chi connectivity index (χ0v) is 16.8. The molecule has 2 rings (SSSR count). The summed E-state index contributed by atoms with van der Waals surface area (Å²) in [5.41, 5.74) is 1.49. The van der Waals surface area contributed by atoms with Gasteiger partial charge in [0.15, 0.2) is 0 Å². The van der Waals surface area contributed by atoms with Crippen molar-refractivity contribution in [3.05, 3.63) is 35.4 Å². The van der Waals surface area contributed by atoms with Gasteiger partial charge < -0.3 is 15.4 Å². The predicted molar refractivity (Wildman–Crippen MR) is 104 cm³/mol. The number of sulfonamides is 1. The summed E-state index contributed by atoms with van der Waals surface area (Å²) < 4.78 is 32.2. The van der Waals surface area contributed by atoms with Crippen molar-refractivity contribution in [1.29, 1.82) is 0 Å². The monoisotopic (exact) mass is 405 g/mol. The first-order chi connectivity index (χ1) is 11.9. The summed E-state index contributed by atoms with van der Waals surface area (Å²) in [7, 11) is -3.41. The van der Waals surface area contributed by atoms with E-state index in [0.717, 1.165) is 12.1 Å². The molecule has 1 fully saturated rings. The second-order valence-electron chi connectivity index (χ2n) is 6.51.